The highest BCUT2D eigenvalue weighted by Gasteiger charge is 2.24. The molecule has 1 aliphatic rings. The van der Waals surface area contributed by atoms with Crippen molar-refractivity contribution in [3.8, 4) is 6.01 Å². The third-order valence-corrected chi connectivity index (χ3v) is 5.39. The van der Waals surface area contributed by atoms with E-state index in [0.717, 1.165) is 22.8 Å². The van der Waals surface area contributed by atoms with Crippen molar-refractivity contribution in [2.75, 3.05) is 7.11 Å². The molecule has 5 nitrogen and oxygen atoms in total. The Morgan fingerprint density at radius 1 is 1.50 bits per heavy atom. The second kappa shape index (κ2) is 4.41. The first-order valence-corrected chi connectivity index (χ1v) is 7.81. The predicted octanol–water partition coefficient (Wildman–Crippen LogP) is 2.86. The topological polar surface area (TPSA) is 52.3 Å². The summed E-state index contributed by atoms with van der Waals surface area (Å²) in [6, 6.07) is 0.404. The van der Waals surface area contributed by atoms with Crippen LogP contribution in [0.15, 0.2) is 6.33 Å². The first-order valence-electron chi connectivity index (χ1n) is 6.99. The number of hydrogen-bond acceptors (Lipinski definition) is 5. The maximum absolute atomic E-state index is 5.14. The number of ether oxygens (including phenoxy) is 1. The fourth-order valence-electron chi connectivity index (χ4n) is 3.06. The molecule has 3 heterocycles. The highest BCUT2D eigenvalue weighted by Crippen LogP contribution is 2.39. The van der Waals surface area contributed by atoms with E-state index in [1.807, 2.05) is 11.3 Å². The van der Waals surface area contributed by atoms with Gasteiger partial charge in [-0.3, -0.25) is 0 Å². The second-order valence-electron chi connectivity index (χ2n) is 5.31. The summed E-state index contributed by atoms with van der Waals surface area (Å²) < 4.78 is 6.86. The fourth-order valence-corrected chi connectivity index (χ4v) is 4.35. The minimum atomic E-state index is 0.404. The first kappa shape index (κ1) is 12.1. The van der Waals surface area contributed by atoms with Crippen LogP contribution < -0.4 is 4.74 Å². The summed E-state index contributed by atoms with van der Waals surface area (Å²) in [7, 11) is 1.59. The van der Waals surface area contributed by atoms with Gasteiger partial charge in [0.15, 0.2) is 5.65 Å². The van der Waals surface area contributed by atoms with Crippen molar-refractivity contribution in [1.82, 2.24) is 19.6 Å². The second-order valence-corrected chi connectivity index (χ2v) is 6.40. The van der Waals surface area contributed by atoms with Crippen LogP contribution in [0.3, 0.4) is 0 Å². The van der Waals surface area contributed by atoms with Crippen molar-refractivity contribution >= 4 is 27.2 Å². The Morgan fingerprint density at radius 3 is 3.20 bits per heavy atom. The molecule has 3 aromatic rings. The summed E-state index contributed by atoms with van der Waals surface area (Å²) in [5.74, 6) is 0.819. The Balaban J connectivity index is 1.98. The van der Waals surface area contributed by atoms with Crippen LogP contribution in [-0.4, -0.2) is 26.7 Å². The third kappa shape index (κ3) is 1.64. The molecule has 104 valence electrons. The summed E-state index contributed by atoms with van der Waals surface area (Å²) in [5, 5.41) is 5.45. The van der Waals surface area contributed by atoms with Crippen LogP contribution in [0.25, 0.3) is 15.9 Å². The first-order chi connectivity index (χ1) is 9.80. The lowest BCUT2D eigenvalue weighted by molar-refractivity contribution is 0.380. The molecule has 0 aliphatic heterocycles. The molecule has 0 radical (unpaired) electrons. The van der Waals surface area contributed by atoms with Gasteiger partial charge in [0.05, 0.1) is 12.5 Å². The lowest BCUT2D eigenvalue weighted by atomic mass is 9.86. The van der Waals surface area contributed by atoms with E-state index in [-0.39, 0.29) is 0 Å². The standard InChI is InChI=1S/C14H16N4OS/c1-3-8-4-5-9-10(6-8)20-13-11(9)12-16-14(19-2)17-18(12)7-15-13/h7-8H,3-6H2,1-2H3. The van der Waals surface area contributed by atoms with Crippen molar-refractivity contribution < 1.29 is 4.74 Å². The van der Waals surface area contributed by atoms with Gasteiger partial charge in [-0.05, 0) is 30.7 Å². The molecule has 0 N–H and O–H groups in total. The van der Waals surface area contributed by atoms with E-state index in [2.05, 4.69) is 22.0 Å². The molecule has 0 fully saturated rings. The summed E-state index contributed by atoms with van der Waals surface area (Å²) in [5.41, 5.74) is 2.31. The van der Waals surface area contributed by atoms with Gasteiger partial charge in [0, 0.05) is 4.88 Å². The number of thiophene rings is 1. The SMILES string of the molecule is CCC1CCc2c(sc3ncn4nc(OC)nc4c23)C1. The lowest BCUT2D eigenvalue weighted by Gasteiger charge is -2.20. The van der Waals surface area contributed by atoms with E-state index >= 15 is 0 Å². The Bertz CT molecular complexity index is 791. The molecule has 20 heavy (non-hydrogen) atoms. The van der Waals surface area contributed by atoms with Crippen molar-refractivity contribution in [1.29, 1.82) is 0 Å². The third-order valence-electron chi connectivity index (χ3n) is 4.23. The van der Waals surface area contributed by atoms with E-state index in [1.54, 1.807) is 18.0 Å². The van der Waals surface area contributed by atoms with E-state index < -0.39 is 0 Å². The monoisotopic (exact) mass is 288 g/mol. The maximum atomic E-state index is 5.14. The predicted molar refractivity (Wildman–Crippen MR) is 78.5 cm³/mol. The highest BCUT2D eigenvalue weighted by atomic mass is 32.1. The molecule has 1 unspecified atom stereocenters. The van der Waals surface area contributed by atoms with Gasteiger partial charge in [-0.2, -0.15) is 9.50 Å². The van der Waals surface area contributed by atoms with Gasteiger partial charge in [-0.1, -0.05) is 13.3 Å². The van der Waals surface area contributed by atoms with Crippen LogP contribution in [0.4, 0.5) is 0 Å². The van der Waals surface area contributed by atoms with Crippen LogP contribution in [0, 0.1) is 5.92 Å². The van der Waals surface area contributed by atoms with Crippen molar-refractivity contribution in [2.24, 2.45) is 5.92 Å². The lowest BCUT2D eigenvalue weighted by Crippen LogP contribution is -2.11. The van der Waals surface area contributed by atoms with Crippen LogP contribution in [0.5, 0.6) is 6.01 Å². The number of nitrogens with zero attached hydrogens (tertiary/aromatic N) is 4. The van der Waals surface area contributed by atoms with Gasteiger partial charge >= 0.3 is 6.01 Å². The molecule has 0 amide bonds. The molecule has 0 spiro atoms. The molecule has 4 rings (SSSR count). The molecule has 0 bridgehead atoms. The number of hydrogen-bond donors (Lipinski definition) is 0. The molecule has 1 aliphatic carbocycles. The summed E-state index contributed by atoms with van der Waals surface area (Å²) >= 11 is 1.82. The smallest absolute Gasteiger partial charge is 0.336 e. The minimum Gasteiger partial charge on any atom is -0.466 e. The van der Waals surface area contributed by atoms with Crippen LogP contribution >= 0.6 is 11.3 Å². The fraction of sp³-hybridized carbons (Fsp3) is 0.500. The molecule has 0 saturated heterocycles. The molecule has 0 aromatic carbocycles. The number of fused-ring (bicyclic) bond motifs is 5. The molecule has 3 aromatic heterocycles. The van der Waals surface area contributed by atoms with Crippen molar-refractivity contribution in [3.05, 3.63) is 16.8 Å². The van der Waals surface area contributed by atoms with Gasteiger partial charge in [-0.25, -0.2) is 4.98 Å². The highest BCUT2D eigenvalue weighted by molar-refractivity contribution is 7.19. The van der Waals surface area contributed by atoms with Crippen LogP contribution in [0.2, 0.25) is 0 Å². The van der Waals surface area contributed by atoms with Crippen molar-refractivity contribution in [3.63, 3.8) is 0 Å². The van der Waals surface area contributed by atoms with E-state index in [4.69, 9.17) is 4.74 Å². The van der Waals surface area contributed by atoms with Gasteiger partial charge in [-0.15, -0.1) is 16.4 Å². The average molecular weight is 288 g/mol. The van der Waals surface area contributed by atoms with Gasteiger partial charge in [0.1, 0.15) is 11.2 Å². The Morgan fingerprint density at radius 2 is 2.40 bits per heavy atom. The van der Waals surface area contributed by atoms with Crippen LogP contribution in [-0.2, 0) is 12.8 Å². The largest absolute Gasteiger partial charge is 0.466 e. The molecule has 6 heteroatoms. The van der Waals surface area contributed by atoms with Crippen LogP contribution in [0.1, 0.15) is 30.2 Å². The number of aryl methyl sites for hydroxylation is 1. The number of rotatable bonds is 2. The zero-order valence-corrected chi connectivity index (χ0v) is 12.4. The van der Waals surface area contributed by atoms with Gasteiger partial charge in [0.2, 0.25) is 0 Å². The Kier molecular flexibility index (Phi) is 2.66. The molecular weight excluding hydrogens is 272 g/mol. The van der Waals surface area contributed by atoms with Gasteiger partial charge in [0.25, 0.3) is 0 Å². The molecular formula is C14H16N4OS. The maximum Gasteiger partial charge on any atom is 0.336 e. The van der Waals surface area contributed by atoms with Gasteiger partial charge < -0.3 is 4.74 Å². The number of aromatic nitrogens is 4. The number of methoxy groups -OCH3 is 1. The zero-order chi connectivity index (χ0) is 13.7. The normalized spacial score (nSPS) is 18.6. The Labute approximate surface area is 120 Å². The summed E-state index contributed by atoms with van der Waals surface area (Å²) in [6.07, 6.45) is 6.57. The average Bonchev–Trinajstić information content (AvgIpc) is 3.05. The Hall–Kier alpha value is -1.69. The van der Waals surface area contributed by atoms with E-state index in [9.17, 15) is 0 Å². The zero-order valence-electron chi connectivity index (χ0n) is 11.6. The quantitative estimate of drug-likeness (QED) is 0.727. The summed E-state index contributed by atoms with van der Waals surface area (Å²) in [4.78, 5) is 11.6. The van der Waals surface area contributed by atoms with Crippen molar-refractivity contribution in [2.45, 2.75) is 32.6 Å². The van der Waals surface area contributed by atoms with E-state index in [0.29, 0.717) is 6.01 Å². The molecule has 1 atom stereocenters. The minimum absolute atomic E-state index is 0.404. The summed E-state index contributed by atoms with van der Waals surface area (Å²) in [6.45, 7) is 2.28. The molecule has 0 saturated carbocycles. The van der Waals surface area contributed by atoms with E-state index in [1.165, 1.54) is 35.1 Å².